The van der Waals surface area contributed by atoms with E-state index in [-0.39, 0.29) is 5.54 Å². The van der Waals surface area contributed by atoms with Crippen LogP contribution in [0.25, 0.3) is 0 Å². The van der Waals surface area contributed by atoms with Gasteiger partial charge in [0.1, 0.15) is 5.75 Å². The van der Waals surface area contributed by atoms with E-state index in [9.17, 15) is 0 Å². The second-order valence-corrected chi connectivity index (χ2v) is 5.99. The van der Waals surface area contributed by atoms with E-state index >= 15 is 0 Å². The Kier molecular flexibility index (Phi) is 3.32. The minimum absolute atomic E-state index is 0.120. The van der Waals surface area contributed by atoms with Crippen LogP contribution in [0.2, 0.25) is 0 Å². The number of hydrogen-bond donors (Lipinski definition) is 1. The van der Waals surface area contributed by atoms with Gasteiger partial charge in [-0.3, -0.25) is 4.99 Å². The van der Waals surface area contributed by atoms with Gasteiger partial charge in [-0.1, -0.05) is 25.0 Å². The predicted molar refractivity (Wildman–Crippen MR) is 80.9 cm³/mol. The Morgan fingerprint density at radius 2 is 1.90 bits per heavy atom. The lowest BCUT2D eigenvalue weighted by atomic mass is 9.89. The molecule has 1 saturated carbocycles. The Hall–Kier alpha value is -1.71. The van der Waals surface area contributed by atoms with E-state index in [1.165, 1.54) is 31.2 Å². The zero-order chi connectivity index (χ0) is 14.2. The van der Waals surface area contributed by atoms with Gasteiger partial charge < -0.3 is 15.4 Å². The highest BCUT2D eigenvalue weighted by Crippen LogP contribution is 2.39. The molecule has 0 aromatic heterocycles. The molecule has 1 aliphatic carbocycles. The third-order valence-corrected chi connectivity index (χ3v) is 4.73. The van der Waals surface area contributed by atoms with Gasteiger partial charge in [-0.2, -0.15) is 0 Å². The highest BCUT2D eigenvalue weighted by Gasteiger charge is 2.43. The molecule has 0 radical (unpaired) electrons. The molecular weight excluding hydrogens is 250 g/mol. The monoisotopic (exact) mass is 273 g/mol. The molecule has 1 aliphatic heterocycles. The normalized spacial score (nSPS) is 26.9. The fourth-order valence-corrected chi connectivity index (χ4v) is 3.57. The van der Waals surface area contributed by atoms with Crippen LogP contribution in [0.3, 0.4) is 0 Å². The van der Waals surface area contributed by atoms with Gasteiger partial charge in [-0.25, -0.2) is 0 Å². The number of hydrogen-bond acceptors (Lipinski definition) is 4. The van der Waals surface area contributed by atoms with Crippen molar-refractivity contribution >= 4 is 5.96 Å². The molecule has 0 amide bonds. The van der Waals surface area contributed by atoms with Gasteiger partial charge in [-0.15, -0.1) is 0 Å². The predicted octanol–water partition coefficient (Wildman–Crippen LogP) is 2.48. The van der Waals surface area contributed by atoms with Crippen molar-refractivity contribution in [3.63, 3.8) is 0 Å². The van der Waals surface area contributed by atoms with Crippen molar-refractivity contribution in [2.45, 2.75) is 44.2 Å². The third-order valence-electron chi connectivity index (χ3n) is 4.73. The van der Waals surface area contributed by atoms with Crippen LogP contribution >= 0.6 is 0 Å². The number of rotatable bonds is 3. The number of ether oxygens (including phenoxy) is 1. The average Bonchev–Trinajstić information content (AvgIpc) is 3.08. The summed E-state index contributed by atoms with van der Waals surface area (Å²) >= 11 is 0. The smallest absolute Gasteiger partial charge is 0.192 e. The fourth-order valence-electron chi connectivity index (χ4n) is 3.57. The molecule has 1 fully saturated rings. The Bertz CT molecular complexity index is 505. The van der Waals surface area contributed by atoms with Crippen molar-refractivity contribution in [2.75, 3.05) is 13.7 Å². The summed E-state index contributed by atoms with van der Waals surface area (Å²) in [7, 11) is 1.69. The topological polar surface area (TPSA) is 50.9 Å². The number of methoxy groups -OCH3 is 1. The van der Waals surface area contributed by atoms with E-state index < -0.39 is 0 Å². The summed E-state index contributed by atoms with van der Waals surface area (Å²) < 4.78 is 5.25. The molecule has 20 heavy (non-hydrogen) atoms. The summed E-state index contributed by atoms with van der Waals surface area (Å²) in [6.07, 6.45) is 5.05. The molecule has 2 aliphatic rings. The van der Waals surface area contributed by atoms with Crippen LogP contribution in [0, 0.1) is 0 Å². The van der Waals surface area contributed by atoms with Gasteiger partial charge >= 0.3 is 0 Å². The van der Waals surface area contributed by atoms with E-state index in [0.717, 1.165) is 12.3 Å². The molecular formula is C16H23N3O. The SMILES string of the molecule is COc1ccc(C2(C)CN=C(N)N2C2CCCC2)cc1. The fraction of sp³-hybridized carbons (Fsp3) is 0.562. The average molecular weight is 273 g/mol. The summed E-state index contributed by atoms with van der Waals surface area (Å²) in [5.41, 5.74) is 7.32. The maximum Gasteiger partial charge on any atom is 0.192 e. The van der Waals surface area contributed by atoms with Crippen molar-refractivity contribution in [1.82, 2.24) is 4.90 Å². The Labute approximate surface area is 120 Å². The molecule has 108 valence electrons. The van der Waals surface area contributed by atoms with E-state index in [1.807, 2.05) is 12.1 Å². The zero-order valence-corrected chi connectivity index (χ0v) is 12.3. The molecule has 0 spiro atoms. The van der Waals surface area contributed by atoms with E-state index in [2.05, 4.69) is 28.9 Å². The van der Waals surface area contributed by atoms with E-state index in [0.29, 0.717) is 12.0 Å². The molecule has 1 aromatic rings. The Balaban J connectivity index is 1.92. The first kappa shape index (κ1) is 13.3. The maximum atomic E-state index is 6.18. The quantitative estimate of drug-likeness (QED) is 0.920. The van der Waals surface area contributed by atoms with Gasteiger partial charge in [0.2, 0.25) is 0 Å². The lowest BCUT2D eigenvalue weighted by molar-refractivity contribution is 0.167. The number of nitrogens with zero attached hydrogens (tertiary/aromatic N) is 2. The summed E-state index contributed by atoms with van der Waals surface area (Å²) in [6.45, 7) is 2.98. The van der Waals surface area contributed by atoms with Gasteiger partial charge in [-0.05, 0) is 37.5 Å². The number of guanidine groups is 1. The van der Waals surface area contributed by atoms with Crippen LogP contribution in [0.15, 0.2) is 29.3 Å². The molecule has 4 nitrogen and oxygen atoms in total. The second-order valence-electron chi connectivity index (χ2n) is 5.99. The van der Waals surface area contributed by atoms with Crippen LogP contribution < -0.4 is 10.5 Å². The van der Waals surface area contributed by atoms with Crippen LogP contribution in [0.5, 0.6) is 5.75 Å². The third kappa shape index (κ3) is 2.03. The number of nitrogens with two attached hydrogens (primary N) is 1. The molecule has 1 unspecified atom stereocenters. The van der Waals surface area contributed by atoms with Gasteiger partial charge in [0.05, 0.1) is 19.2 Å². The lowest BCUT2D eigenvalue weighted by Gasteiger charge is -2.41. The zero-order valence-electron chi connectivity index (χ0n) is 12.3. The van der Waals surface area contributed by atoms with E-state index in [1.54, 1.807) is 7.11 Å². The largest absolute Gasteiger partial charge is 0.497 e. The lowest BCUT2D eigenvalue weighted by Crippen LogP contribution is -2.52. The van der Waals surface area contributed by atoms with Crippen molar-refractivity contribution in [3.05, 3.63) is 29.8 Å². The molecule has 1 heterocycles. The van der Waals surface area contributed by atoms with Crippen LogP contribution in [0.1, 0.15) is 38.2 Å². The molecule has 3 rings (SSSR count). The minimum Gasteiger partial charge on any atom is -0.497 e. The second kappa shape index (κ2) is 5.00. The molecule has 2 N–H and O–H groups in total. The summed E-state index contributed by atoms with van der Waals surface area (Å²) in [5.74, 6) is 1.59. The van der Waals surface area contributed by atoms with E-state index in [4.69, 9.17) is 10.5 Å². The highest BCUT2D eigenvalue weighted by atomic mass is 16.5. The number of benzene rings is 1. The standard InChI is InChI=1S/C16H23N3O/c1-16(12-7-9-14(20-2)10-8-12)11-18-15(17)19(16)13-5-3-4-6-13/h7-10,13H,3-6,11H2,1-2H3,(H2,17,18). The van der Waals surface area contributed by atoms with Gasteiger partial charge in [0, 0.05) is 6.04 Å². The van der Waals surface area contributed by atoms with Crippen LogP contribution in [-0.2, 0) is 5.54 Å². The summed E-state index contributed by atoms with van der Waals surface area (Å²) in [6, 6.07) is 8.83. The Morgan fingerprint density at radius 1 is 1.25 bits per heavy atom. The van der Waals surface area contributed by atoms with Crippen LogP contribution in [0.4, 0.5) is 0 Å². The van der Waals surface area contributed by atoms with Gasteiger partial charge in [0.25, 0.3) is 0 Å². The van der Waals surface area contributed by atoms with Crippen molar-refractivity contribution in [3.8, 4) is 5.75 Å². The molecule has 1 atom stereocenters. The minimum atomic E-state index is -0.120. The van der Waals surface area contributed by atoms with Crippen LogP contribution in [-0.4, -0.2) is 30.6 Å². The maximum absolute atomic E-state index is 6.18. The molecule has 4 heteroatoms. The molecule has 0 bridgehead atoms. The van der Waals surface area contributed by atoms with Crippen molar-refractivity contribution in [2.24, 2.45) is 10.7 Å². The summed E-state index contributed by atoms with van der Waals surface area (Å²) in [5, 5.41) is 0. The van der Waals surface area contributed by atoms with Gasteiger partial charge in [0.15, 0.2) is 5.96 Å². The number of aliphatic imine (C=N–C) groups is 1. The van der Waals surface area contributed by atoms with Crippen molar-refractivity contribution in [1.29, 1.82) is 0 Å². The first-order valence-corrected chi connectivity index (χ1v) is 7.39. The first-order valence-electron chi connectivity index (χ1n) is 7.39. The van der Waals surface area contributed by atoms with Crippen molar-refractivity contribution < 1.29 is 4.74 Å². The molecule has 1 aromatic carbocycles. The highest BCUT2D eigenvalue weighted by molar-refractivity contribution is 5.81. The first-order chi connectivity index (χ1) is 9.65. The summed E-state index contributed by atoms with van der Waals surface area (Å²) in [4.78, 5) is 6.87. The molecule has 0 saturated heterocycles. The Morgan fingerprint density at radius 3 is 2.50 bits per heavy atom.